The summed E-state index contributed by atoms with van der Waals surface area (Å²) < 4.78 is 11.1. The summed E-state index contributed by atoms with van der Waals surface area (Å²) in [7, 11) is 1.72. The second-order valence-corrected chi connectivity index (χ2v) is 6.04. The highest BCUT2D eigenvalue weighted by atomic mass is 16.7. The highest BCUT2D eigenvalue weighted by molar-refractivity contribution is 5.05. The molecule has 2 nitrogen and oxygen atoms in total. The van der Waals surface area contributed by atoms with Crippen LogP contribution in [0.3, 0.4) is 0 Å². The zero-order chi connectivity index (χ0) is 10.5. The third-order valence-electron chi connectivity index (χ3n) is 5.25. The predicted octanol–water partition coefficient (Wildman–Crippen LogP) is 2.82. The Labute approximate surface area is 92.3 Å². The maximum Gasteiger partial charge on any atom is 0.147 e. The quantitative estimate of drug-likeness (QED) is 0.667. The van der Waals surface area contributed by atoms with Gasteiger partial charge in [-0.25, -0.2) is 0 Å². The van der Waals surface area contributed by atoms with E-state index in [-0.39, 0.29) is 5.60 Å². The van der Waals surface area contributed by atoms with E-state index >= 15 is 0 Å². The van der Waals surface area contributed by atoms with Crippen molar-refractivity contribution in [2.45, 2.75) is 44.6 Å². The molecule has 4 aliphatic carbocycles. The second-order valence-electron chi connectivity index (χ2n) is 6.04. The summed E-state index contributed by atoms with van der Waals surface area (Å²) in [4.78, 5) is 0. The van der Waals surface area contributed by atoms with E-state index in [2.05, 4.69) is 6.92 Å². The van der Waals surface area contributed by atoms with Gasteiger partial charge in [0.2, 0.25) is 0 Å². The fourth-order valence-corrected chi connectivity index (χ4v) is 4.54. The first-order chi connectivity index (χ1) is 7.22. The van der Waals surface area contributed by atoms with E-state index in [9.17, 15) is 0 Å². The summed E-state index contributed by atoms with van der Waals surface area (Å²) in [5.74, 6) is 3.66. The van der Waals surface area contributed by atoms with Crippen LogP contribution in [0.5, 0.6) is 0 Å². The third kappa shape index (κ3) is 1.45. The van der Waals surface area contributed by atoms with Crippen molar-refractivity contribution in [3.8, 4) is 0 Å². The molecule has 86 valence electrons. The molecule has 15 heavy (non-hydrogen) atoms. The van der Waals surface area contributed by atoms with Crippen LogP contribution in [0.1, 0.15) is 39.0 Å². The zero-order valence-electron chi connectivity index (χ0n) is 9.87. The molecular formula is C13H22O2. The average molecular weight is 210 g/mol. The van der Waals surface area contributed by atoms with Crippen molar-refractivity contribution < 1.29 is 9.47 Å². The molecule has 0 unspecified atom stereocenters. The van der Waals surface area contributed by atoms with E-state index in [0.29, 0.717) is 6.79 Å². The summed E-state index contributed by atoms with van der Waals surface area (Å²) in [6.45, 7) is 2.80. The molecule has 0 atom stereocenters. The van der Waals surface area contributed by atoms with Gasteiger partial charge >= 0.3 is 0 Å². The van der Waals surface area contributed by atoms with Crippen LogP contribution < -0.4 is 0 Å². The van der Waals surface area contributed by atoms with Gasteiger partial charge in [0.05, 0.1) is 5.60 Å². The molecule has 0 saturated heterocycles. The molecule has 4 aliphatic rings. The lowest BCUT2D eigenvalue weighted by atomic mass is 9.50. The van der Waals surface area contributed by atoms with Crippen LogP contribution >= 0.6 is 0 Å². The van der Waals surface area contributed by atoms with Crippen LogP contribution in [0.2, 0.25) is 0 Å². The standard InChI is InChI=1S/C13H22O2/c1-13(15-8-14-2)11-4-9-3-10(6-11)7-12(13)5-9/h9-12H,3-8H2,1-2H3. The minimum atomic E-state index is 0.128. The maximum absolute atomic E-state index is 6.03. The number of ether oxygens (including phenoxy) is 2. The molecule has 0 heterocycles. The molecule has 4 saturated carbocycles. The Bertz CT molecular complexity index is 221. The smallest absolute Gasteiger partial charge is 0.147 e. The van der Waals surface area contributed by atoms with E-state index in [1.54, 1.807) is 7.11 Å². The number of hydrogen-bond acceptors (Lipinski definition) is 2. The van der Waals surface area contributed by atoms with E-state index in [0.717, 1.165) is 23.7 Å². The van der Waals surface area contributed by atoms with E-state index in [1.165, 1.54) is 32.1 Å². The van der Waals surface area contributed by atoms with Gasteiger partial charge in [-0.1, -0.05) is 0 Å². The monoisotopic (exact) mass is 210 g/mol. The Balaban J connectivity index is 1.78. The second kappa shape index (κ2) is 3.46. The Hall–Kier alpha value is -0.0800. The Kier molecular flexibility index (Phi) is 2.33. The van der Waals surface area contributed by atoms with Gasteiger partial charge in [-0.15, -0.1) is 0 Å². The van der Waals surface area contributed by atoms with E-state index < -0.39 is 0 Å². The molecule has 0 spiro atoms. The van der Waals surface area contributed by atoms with Gasteiger partial charge in [-0.3, -0.25) is 0 Å². The molecule has 2 heteroatoms. The molecular weight excluding hydrogens is 188 g/mol. The maximum atomic E-state index is 6.03. The summed E-state index contributed by atoms with van der Waals surface area (Å²) in [5.41, 5.74) is 0.128. The van der Waals surface area contributed by atoms with Crippen molar-refractivity contribution in [3.63, 3.8) is 0 Å². The van der Waals surface area contributed by atoms with Gasteiger partial charge in [0, 0.05) is 7.11 Å². The van der Waals surface area contributed by atoms with Gasteiger partial charge in [-0.05, 0) is 62.7 Å². The molecule has 4 rings (SSSR count). The zero-order valence-corrected chi connectivity index (χ0v) is 9.87. The summed E-state index contributed by atoms with van der Waals surface area (Å²) >= 11 is 0. The van der Waals surface area contributed by atoms with E-state index in [4.69, 9.17) is 9.47 Å². The first kappa shape index (κ1) is 10.1. The molecule has 0 radical (unpaired) electrons. The highest BCUT2D eigenvalue weighted by Gasteiger charge is 2.55. The molecule has 0 N–H and O–H groups in total. The minimum Gasteiger partial charge on any atom is -0.359 e. The lowest BCUT2D eigenvalue weighted by molar-refractivity contribution is -0.227. The van der Waals surface area contributed by atoms with Crippen LogP contribution in [0.25, 0.3) is 0 Å². The Morgan fingerprint density at radius 3 is 2.00 bits per heavy atom. The van der Waals surface area contributed by atoms with Gasteiger partial charge in [0.25, 0.3) is 0 Å². The number of rotatable bonds is 3. The van der Waals surface area contributed by atoms with Crippen molar-refractivity contribution in [1.29, 1.82) is 0 Å². The molecule has 4 bridgehead atoms. The lowest BCUT2D eigenvalue weighted by Gasteiger charge is -2.59. The highest BCUT2D eigenvalue weighted by Crippen LogP contribution is 2.59. The predicted molar refractivity (Wildman–Crippen MR) is 58.4 cm³/mol. The summed E-state index contributed by atoms with van der Waals surface area (Å²) in [5, 5.41) is 0. The lowest BCUT2D eigenvalue weighted by Crippen LogP contribution is -2.57. The van der Waals surface area contributed by atoms with Crippen molar-refractivity contribution in [1.82, 2.24) is 0 Å². The SMILES string of the molecule is COCOC1(C)C2CC3CC(C2)CC1C3. The number of methoxy groups -OCH3 is 1. The number of hydrogen-bond donors (Lipinski definition) is 0. The Morgan fingerprint density at radius 2 is 1.53 bits per heavy atom. The fraction of sp³-hybridized carbons (Fsp3) is 1.00. The topological polar surface area (TPSA) is 18.5 Å². The Morgan fingerprint density at radius 1 is 1.00 bits per heavy atom. The molecule has 4 fully saturated rings. The summed E-state index contributed by atoms with van der Waals surface area (Å²) in [6, 6.07) is 0. The van der Waals surface area contributed by atoms with Crippen LogP contribution in [0.4, 0.5) is 0 Å². The van der Waals surface area contributed by atoms with E-state index in [1.807, 2.05) is 0 Å². The molecule has 0 aromatic heterocycles. The van der Waals surface area contributed by atoms with Crippen molar-refractivity contribution in [3.05, 3.63) is 0 Å². The van der Waals surface area contributed by atoms with Crippen molar-refractivity contribution >= 4 is 0 Å². The van der Waals surface area contributed by atoms with Gasteiger partial charge < -0.3 is 9.47 Å². The minimum absolute atomic E-state index is 0.128. The largest absolute Gasteiger partial charge is 0.359 e. The third-order valence-corrected chi connectivity index (χ3v) is 5.25. The first-order valence-electron chi connectivity index (χ1n) is 6.35. The van der Waals surface area contributed by atoms with Crippen molar-refractivity contribution in [2.24, 2.45) is 23.7 Å². The molecule has 0 aliphatic heterocycles. The summed E-state index contributed by atoms with van der Waals surface area (Å²) in [6.07, 6.45) is 7.15. The fourth-order valence-electron chi connectivity index (χ4n) is 4.54. The molecule has 0 aromatic carbocycles. The van der Waals surface area contributed by atoms with Crippen LogP contribution in [0.15, 0.2) is 0 Å². The first-order valence-corrected chi connectivity index (χ1v) is 6.35. The van der Waals surface area contributed by atoms with Gasteiger partial charge in [0.15, 0.2) is 0 Å². The van der Waals surface area contributed by atoms with Crippen LogP contribution in [0, 0.1) is 23.7 Å². The molecule has 0 aromatic rings. The molecule has 0 amide bonds. The van der Waals surface area contributed by atoms with Crippen molar-refractivity contribution in [2.75, 3.05) is 13.9 Å². The van der Waals surface area contributed by atoms with Crippen LogP contribution in [-0.4, -0.2) is 19.5 Å². The normalized spacial score (nSPS) is 52.4. The van der Waals surface area contributed by atoms with Crippen LogP contribution in [-0.2, 0) is 9.47 Å². The van der Waals surface area contributed by atoms with Gasteiger partial charge in [0.1, 0.15) is 6.79 Å². The average Bonchev–Trinajstić information content (AvgIpc) is 2.22. The van der Waals surface area contributed by atoms with Gasteiger partial charge in [-0.2, -0.15) is 0 Å².